The fraction of sp³-hybridized carbons (Fsp3) is 0. The van der Waals surface area contributed by atoms with Gasteiger partial charge in [-0.2, -0.15) is 0 Å². The minimum absolute atomic E-state index is 0.959. The van der Waals surface area contributed by atoms with Crippen molar-refractivity contribution in [1.29, 1.82) is 0 Å². The van der Waals surface area contributed by atoms with Crippen LogP contribution in [-0.4, -0.2) is 4.98 Å². The molecule has 2 nitrogen and oxygen atoms in total. The zero-order chi connectivity index (χ0) is 29.0. The highest BCUT2D eigenvalue weighted by Gasteiger charge is 2.25. The average molecular weight is 579 g/mol. The van der Waals surface area contributed by atoms with Crippen molar-refractivity contribution in [2.75, 3.05) is 4.90 Å². The number of aromatic nitrogens is 1. The minimum atomic E-state index is 0.959. The Morgan fingerprint density at radius 3 is 1.59 bits per heavy atom. The van der Waals surface area contributed by atoms with Crippen LogP contribution < -0.4 is 4.90 Å². The van der Waals surface area contributed by atoms with E-state index in [-0.39, 0.29) is 0 Å². The number of anilines is 3. The molecular weight excluding hydrogens is 553 g/mol. The van der Waals surface area contributed by atoms with E-state index in [0.29, 0.717) is 0 Å². The second-order valence-corrected chi connectivity index (χ2v) is 12.3. The summed E-state index contributed by atoms with van der Waals surface area (Å²) in [6.07, 6.45) is 1.87. The van der Waals surface area contributed by atoms with Gasteiger partial charge in [0.15, 0.2) is 0 Å². The SMILES string of the molecule is c1ccc(-c2cc(-c3ccc4c5ccccc5c5ccccc5c4c3)cc(N3c4ccccc4Sc4ccccc43)c2)nc1. The monoisotopic (exact) mass is 578 g/mol. The van der Waals surface area contributed by atoms with Gasteiger partial charge in [0.1, 0.15) is 0 Å². The van der Waals surface area contributed by atoms with Crippen LogP contribution in [0.5, 0.6) is 0 Å². The van der Waals surface area contributed by atoms with Gasteiger partial charge in [-0.3, -0.25) is 4.98 Å². The molecule has 0 aliphatic carbocycles. The summed E-state index contributed by atoms with van der Waals surface area (Å²) < 4.78 is 0. The first-order valence-electron chi connectivity index (χ1n) is 14.9. The molecule has 0 N–H and O–H groups in total. The summed E-state index contributed by atoms with van der Waals surface area (Å²) in [6.45, 7) is 0. The van der Waals surface area contributed by atoms with Gasteiger partial charge in [-0.1, -0.05) is 103 Å². The lowest BCUT2D eigenvalue weighted by molar-refractivity contribution is 1.17. The molecule has 0 amide bonds. The van der Waals surface area contributed by atoms with E-state index in [9.17, 15) is 0 Å². The fourth-order valence-electron chi connectivity index (χ4n) is 6.66. The topological polar surface area (TPSA) is 16.1 Å². The van der Waals surface area contributed by atoms with Gasteiger partial charge in [0, 0.05) is 27.2 Å². The van der Waals surface area contributed by atoms with Gasteiger partial charge in [-0.25, -0.2) is 0 Å². The van der Waals surface area contributed by atoms with E-state index in [1.165, 1.54) is 59.0 Å². The van der Waals surface area contributed by atoms with Crippen molar-refractivity contribution in [3.63, 3.8) is 0 Å². The number of hydrogen-bond donors (Lipinski definition) is 0. The Hall–Kier alpha value is -5.38. The molecule has 2 heterocycles. The number of nitrogens with zero attached hydrogens (tertiary/aromatic N) is 2. The van der Waals surface area contributed by atoms with Crippen molar-refractivity contribution in [2.24, 2.45) is 0 Å². The first-order chi connectivity index (χ1) is 21.8. The van der Waals surface area contributed by atoms with Crippen LogP contribution in [-0.2, 0) is 0 Å². The Bertz CT molecular complexity index is 2300. The highest BCUT2D eigenvalue weighted by atomic mass is 32.2. The summed E-state index contributed by atoms with van der Waals surface area (Å²) in [4.78, 5) is 9.66. The van der Waals surface area contributed by atoms with E-state index in [2.05, 4.69) is 150 Å². The van der Waals surface area contributed by atoms with Crippen LogP contribution in [0, 0.1) is 0 Å². The normalized spacial score (nSPS) is 12.4. The van der Waals surface area contributed by atoms with Crippen LogP contribution >= 0.6 is 11.8 Å². The highest BCUT2D eigenvalue weighted by molar-refractivity contribution is 7.99. The molecule has 44 heavy (non-hydrogen) atoms. The lowest BCUT2D eigenvalue weighted by Gasteiger charge is -2.33. The summed E-state index contributed by atoms with van der Waals surface area (Å²) in [7, 11) is 0. The second kappa shape index (κ2) is 10.1. The summed E-state index contributed by atoms with van der Waals surface area (Å²) in [5.74, 6) is 0. The van der Waals surface area contributed by atoms with Crippen molar-refractivity contribution in [2.45, 2.75) is 9.79 Å². The van der Waals surface area contributed by atoms with E-state index in [1.807, 2.05) is 24.0 Å². The molecule has 8 aromatic rings. The summed E-state index contributed by atoms with van der Waals surface area (Å²) in [6, 6.07) is 54.9. The Morgan fingerprint density at radius 2 is 0.955 bits per heavy atom. The number of hydrogen-bond acceptors (Lipinski definition) is 3. The minimum Gasteiger partial charge on any atom is -0.308 e. The molecular formula is C41H26N2S. The molecule has 3 heteroatoms. The fourth-order valence-corrected chi connectivity index (χ4v) is 7.72. The van der Waals surface area contributed by atoms with E-state index in [1.54, 1.807) is 0 Å². The van der Waals surface area contributed by atoms with E-state index in [0.717, 1.165) is 22.5 Å². The Kier molecular flexibility index (Phi) is 5.78. The third-order valence-electron chi connectivity index (χ3n) is 8.65. The largest absolute Gasteiger partial charge is 0.308 e. The van der Waals surface area contributed by atoms with Crippen molar-refractivity contribution < 1.29 is 0 Å². The van der Waals surface area contributed by atoms with E-state index >= 15 is 0 Å². The highest BCUT2D eigenvalue weighted by Crippen LogP contribution is 2.52. The number of para-hydroxylation sites is 2. The Balaban J connectivity index is 1.31. The van der Waals surface area contributed by atoms with Gasteiger partial charge in [0.05, 0.1) is 17.1 Å². The van der Waals surface area contributed by atoms with Crippen molar-refractivity contribution >= 4 is 61.1 Å². The second-order valence-electron chi connectivity index (χ2n) is 11.2. The van der Waals surface area contributed by atoms with Gasteiger partial charge in [-0.05, 0) is 104 Å². The molecule has 0 atom stereocenters. The van der Waals surface area contributed by atoms with Gasteiger partial charge in [0.2, 0.25) is 0 Å². The van der Waals surface area contributed by atoms with Crippen LogP contribution in [0.2, 0.25) is 0 Å². The predicted octanol–water partition coefficient (Wildman–Crippen LogP) is 11.8. The molecule has 0 unspecified atom stereocenters. The predicted molar refractivity (Wildman–Crippen MR) is 186 cm³/mol. The lowest BCUT2D eigenvalue weighted by atomic mass is 9.91. The number of pyridine rings is 1. The number of rotatable bonds is 3. The zero-order valence-electron chi connectivity index (χ0n) is 23.8. The molecule has 1 aliphatic rings. The summed E-state index contributed by atoms with van der Waals surface area (Å²) in [5, 5.41) is 7.69. The van der Waals surface area contributed by atoms with Crippen LogP contribution in [0.1, 0.15) is 0 Å². The van der Waals surface area contributed by atoms with Gasteiger partial charge in [-0.15, -0.1) is 0 Å². The first kappa shape index (κ1) is 25.1. The molecule has 1 aliphatic heterocycles. The third-order valence-corrected chi connectivity index (χ3v) is 9.78. The van der Waals surface area contributed by atoms with Crippen molar-refractivity contribution in [3.05, 3.63) is 158 Å². The molecule has 0 spiro atoms. The van der Waals surface area contributed by atoms with E-state index in [4.69, 9.17) is 4.98 Å². The zero-order valence-corrected chi connectivity index (χ0v) is 24.6. The maximum atomic E-state index is 4.76. The number of fused-ring (bicyclic) bond motifs is 8. The quantitative estimate of drug-likeness (QED) is 0.194. The summed E-state index contributed by atoms with van der Waals surface area (Å²) >= 11 is 1.83. The van der Waals surface area contributed by atoms with Gasteiger partial charge >= 0.3 is 0 Å². The smallest absolute Gasteiger partial charge is 0.0702 e. The van der Waals surface area contributed by atoms with E-state index < -0.39 is 0 Å². The third kappa shape index (κ3) is 4.01. The van der Waals surface area contributed by atoms with Crippen LogP contribution in [0.3, 0.4) is 0 Å². The molecule has 1 aromatic heterocycles. The molecule has 0 bridgehead atoms. The lowest BCUT2D eigenvalue weighted by Crippen LogP contribution is -2.14. The molecule has 0 fully saturated rings. The molecule has 206 valence electrons. The summed E-state index contributed by atoms with van der Waals surface area (Å²) in [5.41, 5.74) is 7.90. The molecule has 7 aromatic carbocycles. The molecule has 9 rings (SSSR count). The van der Waals surface area contributed by atoms with Gasteiger partial charge in [0.25, 0.3) is 0 Å². The molecule has 0 saturated carbocycles. The van der Waals surface area contributed by atoms with Crippen LogP contribution in [0.4, 0.5) is 17.1 Å². The Labute approximate surface area is 260 Å². The Morgan fingerprint density at radius 1 is 0.409 bits per heavy atom. The standard InChI is InChI=1S/C41H26N2S/c1-2-13-33-31(11-1)32-12-3-4-14-34(32)36-26-27(20-21-35(33)36)28-23-29(37-15-9-10-22-42-37)25-30(24-28)43-38-16-5-7-18-40(38)44-41-19-8-6-17-39(41)43/h1-26H. The van der Waals surface area contributed by atoms with Crippen molar-refractivity contribution in [3.8, 4) is 22.4 Å². The molecule has 0 saturated heterocycles. The first-order valence-corrected chi connectivity index (χ1v) is 15.7. The average Bonchev–Trinajstić information content (AvgIpc) is 3.10. The number of benzene rings is 7. The van der Waals surface area contributed by atoms with Gasteiger partial charge < -0.3 is 4.90 Å². The van der Waals surface area contributed by atoms with Crippen LogP contribution in [0.15, 0.2) is 168 Å². The maximum absolute atomic E-state index is 4.76. The molecule has 0 radical (unpaired) electrons. The van der Waals surface area contributed by atoms with Crippen LogP contribution in [0.25, 0.3) is 54.7 Å². The van der Waals surface area contributed by atoms with Crippen molar-refractivity contribution in [1.82, 2.24) is 4.98 Å². The maximum Gasteiger partial charge on any atom is 0.0702 e.